The van der Waals surface area contributed by atoms with Crippen molar-refractivity contribution in [3.8, 4) is 6.07 Å². The fourth-order valence-corrected chi connectivity index (χ4v) is 2.04. The van der Waals surface area contributed by atoms with Crippen molar-refractivity contribution in [1.82, 2.24) is 0 Å². The van der Waals surface area contributed by atoms with Crippen molar-refractivity contribution in [1.29, 1.82) is 5.26 Å². The molecule has 1 aromatic carbocycles. The van der Waals surface area contributed by atoms with Crippen LogP contribution >= 0.6 is 0 Å². The standard InChI is InChI=1S/C13H16N2O/c14-8-11-3-1-10(2-4-11)7-12-9-16-6-5-13(12)15/h1-4,12-13H,5-7,9,15H2/t12-,13+/m1/s1. The molecule has 0 unspecified atom stereocenters. The van der Waals surface area contributed by atoms with Crippen LogP contribution in [0.3, 0.4) is 0 Å². The lowest BCUT2D eigenvalue weighted by atomic mass is 9.90. The minimum atomic E-state index is 0.240. The fourth-order valence-electron chi connectivity index (χ4n) is 2.04. The van der Waals surface area contributed by atoms with Crippen LogP contribution in [0, 0.1) is 17.2 Å². The number of nitrogens with two attached hydrogens (primary N) is 1. The van der Waals surface area contributed by atoms with Gasteiger partial charge in [0, 0.05) is 18.6 Å². The molecule has 0 bridgehead atoms. The van der Waals surface area contributed by atoms with Gasteiger partial charge in [0.1, 0.15) is 0 Å². The van der Waals surface area contributed by atoms with Crippen LogP contribution in [0.5, 0.6) is 0 Å². The average Bonchev–Trinajstić information content (AvgIpc) is 2.33. The SMILES string of the molecule is N#Cc1ccc(C[C@@H]2COCC[C@@H]2N)cc1. The summed E-state index contributed by atoms with van der Waals surface area (Å²) in [7, 11) is 0. The molecular formula is C13H16N2O. The number of nitriles is 1. The lowest BCUT2D eigenvalue weighted by Crippen LogP contribution is -2.39. The van der Waals surface area contributed by atoms with Crippen LogP contribution in [-0.2, 0) is 11.2 Å². The van der Waals surface area contributed by atoms with Gasteiger partial charge in [-0.2, -0.15) is 5.26 Å². The summed E-state index contributed by atoms with van der Waals surface area (Å²) >= 11 is 0. The van der Waals surface area contributed by atoms with Crippen molar-refractivity contribution in [2.45, 2.75) is 18.9 Å². The van der Waals surface area contributed by atoms with Gasteiger partial charge in [0.25, 0.3) is 0 Å². The lowest BCUT2D eigenvalue weighted by Gasteiger charge is -2.28. The smallest absolute Gasteiger partial charge is 0.0991 e. The van der Waals surface area contributed by atoms with E-state index in [9.17, 15) is 0 Å². The molecule has 1 aromatic rings. The molecule has 1 aliphatic heterocycles. The third-order valence-corrected chi connectivity index (χ3v) is 3.11. The van der Waals surface area contributed by atoms with E-state index >= 15 is 0 Å². The molecule has 2 rings (SSSR count). The third-order valence-electron chi connectivity index (χ3n) is 3.11. The topological polar surface area (TPSA) is 59.0 Å². The van der Waals surface area contributed by atoms with Gasteiger partial charge in [-0.15, -0.1) is 0 Å². The van der Waals surface area contributed by atoms with Crippen molar-refractivity contribution in [3.05, 3.63) is 35.4 Å². The van der Waals surface area contributed by atoms with Gasteiger partial charge < -0.3 is 10.5 Å². The summed E-state index contributed by atoms with van der Waals surface area (Å²) < 4.78 is 5.44. The third kappa shape index (κ3) is 2.60. The minimum Gasteiger partial charge on any atom is -0.381 e. The van der Waals surface area contributed by atoms with Gasteiger partial charge in [-0.25, -0.2) is 0 Å². The van der Waals surface area contributed by atoms with Crippen LogP contribution in [0.15, 0.2) is 24.3 Å². The molecule has 84 valence electrons. The van der Waals surface area contributed by atoms with Gasteiger partial charge in [0.05, 0.1) is 18.2 Å². The second-order valence-electron chi connectivity index (χ2n) is 4.30. The minimum absolute atomic E-state index is 0.240. The highest BCUT2D eigenvalue weighted by Crippen LogP contribution is 2.18. The lowest BCUT2D eigenvalue weighted by molar-refractivity contribution is 0.0422. The zero-order valence-electron chi connectivity index (χ0n) is 9.23. The molecule has 0 radical (unpaired) electrons. The van der Waals surface area contributed by atoms with E-state index in [1.54, 1.807) is 0 Å². The Hall–Kier alpha value is -1.37. The summed E-state index contributed by atoms with van der Waals surface area (Å²) in [6, 6.07) is 10.1. The second kappa shape index (κ2) is 5.11. The van der Waals surface area contributed by atoms with Crippen LogP contribution in [0.1, 0.15) is 17.5 Å². The Morgan fingerprint density at radius 2 is 2.12 bits per heavy atom. The predicted molar refractivity (Wildman–Crippen MR) is 61.8 cm³/mol. The molecule has 16 heavy (non-hydrogen) atoms. The maximum atomic E-state index is 8.70. The molecule has 2 atom stereocenters. The molecule has 1 heterocycles. The first-order chi connectivity index (χ1) is 7.79. The molecule has 0 saturated carbocycles. The van der Waals surface area contributed by atoms with Gasteiger partial charge in [-0.3, -0.25) is 0 Å². The van der Waals surface area contributed by atoms with Crippen LogP contribution in [0.25, 0.3) is 0 Å². The molecule has 1 aliphatic rings. The molecule has 0 spiro atoms. The highest BCUT2D eigenvalue weighted by atomic mass is 16.5. The highest BCUT2D eigenvalue weighted by Gasteiger charge is 2.22. The maximum absolute atomic E-state index is 8.70. The Balaban J connectivity index is 2.00. The van der Waals surface area contributed by atoms with Crippen molar-refractivity contribution >= 4 is 0 Å². The van der Waals surface area contributed by atoms with Gasteiger partial charge >= 0.3 is 0 Å². The van der Waals surface area contributed by atoms with Crippen LogP contribution in [-0.4, -0.2) is 19.3 Å². The molecule has 0 aromatic heterocycles. The quantitative estimate of drug-likeness (QED) is 0.814. The van der Waals surface area contributed by atoms with E-state index in [2.05, 4.69) is 6.07 Å². The van der Waals surface area contributed by atoms with Crippen molar-refractivity contribution < 1.29 is 4.74 Å². The number of hydrogen-bond donors (Lipinski definition) is 1. The predicted octanol–water partition coefficient (Wildman–Crippen LogP) is 1.46. The van der Waals surface area contributed by atoms with Gasteiger partial charge in [0.15, 0.2) is 0 Å². The molecule has 0 amide bonds. The number of ether oxygens (including phenoxy) is 1. The first kappa shape index (κ1) is 11.1. The zero-order chi connectivity index (χ0) is 11.4. The molecule has 2 N–H and O–H groups in total. The van der Waals surface area contributed by atoms with Crippen LogP contribution in [0.4, 0.5) is 0 Å². The second-order valence-corrected chi connectivity index (χ2v) is 4.30. The molecule has 1 saturated heterocycles. The zero-order valence-corrected chi connectivity index (χ0v) is 9.23. The molecule has 3 nitrogen and oxygen atoms in total. The molecule has 0 aliphatic carbocycles. The van der Waals surface area contributed by atoms with E-state index in [1.165, 1.54) is 5.56 Å². The summed E-state index contributed by atoms with van der Waals surface area (Å²) in [5.74, 6) is 0.404. The van der Waals surface area contributed by atoms with E-state index in [0.717, 1.165) is 26.1 Å². The number of benzene rings is 1. The van der Waals surface area contributed by atoms with Crippen molar-refractivity contribution in [3.63, 3.8) is 0 Å². The maximum Gasteiger partial charge on any atom is 0.0991 e. The van der Waals surface area contributed by atoms with E-state index in [-0.39, 0.29) is 6.04 Å². The van der Waals surface area contributed by atoms with E-state index in [0.29, 0.717) is 11.5 Å². The first-order valence-corrected chi connectivity index (χ1v) is 5.62. The van der Waals surface area contributed by atoms with E-state index in [1.807, 2.05) is 24.3 Å². The Bertz CT molecular complexity index is 380. The largest absolute Gasteiger partial charge is 0.381 e. The Morgan fingerprint density at radius 1 is 1.38 bits per heavy atom. The highest BCUT2D eigenvalue weighted by molar-refractivity contribution is 5.31. The number of nitrogens with zero attached hydrogens (tertiary/aromatic N) is 1. The van der Waals surface area contributed by atoms with Gasteiger partial charge in [-0.05, 0) is 30.5 Å². The van der Waals surface area contributed by atoms with Gasteiger partial charge in [0.2, 0.25) is 0 Å². The summed E-state index contributed by atoms with van der Waals surface area (Å²) in [6.45, 7) is 1.53. The average molecular weight is 216 g/mol. The summed E-state index contributed by atoms with van der Waals surface area (Å²) in [6.07, 6.45) is 1.88. The van der Waals surface area contributed by atoms with Gasteiger partial charge in [-0.1, -0.05) is 12.1 Å². The summed E-state index contributed by atoms with van der Waals surface area (Å²) in [4.78, 5) is 0. The molecule has 3 heteroatoms. The molecular weight excluding hydrogens is 200 g/mol. The Morgan fingerprint density at radius 3 is 2.75 bits per heavy atom. The fraction of sp³-hybridized carbons (Fsp3) is 0.462. The Kier molecular flexibility index (Phi) is 3.55. The molecule has 1 fully saturated rings. The van der Waals surface area contributed by atoms with Crippen molar-refractivity contribution in [2.75, 3.05) is 13.2 Å². The van der Waals surface area contributed by atoms with Crippen LogP contribution < -0.4 is 5.73 Å². The van der Waals surface area contributed by atoms with Crippen LogP contribution in [0.2, 0.25) is 0 Å². The Labute approximate surface area is 95.8 Å². The number of rotatable bonds is 2. The van der Waals surface area contributed by atoms with E-state index < -0.39 is 0 Å². The summed E-state index contributed by atoms with van der Waals surface area (Å²) in [5.41, 5.74) is 7.98. The monoisotopic (exact) mass is 216 g/mol. The first-order valence-electron chi connectivity index (χ1n) is 5.62. The summed E-state index contributed by atoms with van der Waals surface area (Å²) in [5, 5.41) is 8.70. The normalized spacial score (nSPS) is 25.0. The van der Waals surface area contributed by atoms with Crippen molar-refractivity contribution in [2.24, 2.45) is 11.7 Å². The number of hydrogen-bond acceptors (Lipinski definition) is 3. The van der Waals surface area contributed by atoms with E-state index in [4.69, 9.17) is 15.7 Å².